The summed E-state index contributed by atoms with van der Waals surface area (Å²) in [4.78, 5) is 0. The van der Waals surface area contributed by atoms with Crippen molar-refractivity contribution >= 4 is 0 Å². The lowest BCUT2D eigenvalue weighted by Crippen LogP contribution is -2.36. The van der Waals surface area contributed by atoms with Crippen molar-refractivity contribution in [3.05, 3.63) is 0 Å². The van der Waals surface area contributed by atoms with Gasteiger partial charge < -0.3 is 5.32 Å². The number of hydrogen-bond donors (Lipinski definition) is 1. The molecule has 1 heteroatoms. The predicted molar refractivity (Wildman–Crippen MR) is 38.3 cm³/mol. The van der Waals surface area contributed by atoms with E-state index in [4.69, 9.17) is 0 Å². The third-order valence-corrected chi connectivity index (χ3v) is 3.19. The SMILES string of the molecule is C[C@H]1CNCCC12CC2. The van der Waals surface area contributed by atoms with Crippen LogP contribution < -0.4 is 5.32 Å². The third kappa shape index (κ3) is 0.787. The Balaban J connectivity index is 2.03. The van der Waals surface area contributed by atoms with E-state index in [0.29, 0.717) is 0 Å². The van der Waals surface area contributed by atoms with Gasteiger partial charge in [0.15, 0.2) is 0 Å². The normalized spacial score (nSPS) is 39.0. The standard InChI is InChI=1S/C8H15N/c1-7-6-9-5-4-8(7)2-3-8/h7,9H,2-6H2,1H3/t7-/m0/s1. The van der Waals surface area contributed by atoms with Gasteiger partial charge in [0.05, 0.1) is 0 Å². The summed E-state index contributed by atoms with van der Waals surface area (Å²) in [6.07, 6.45) is 4.46. The highest BCUT2D eigenvalue weighted by atomic mass is 14.9. The first-order valence-corrected chi connectivity index (χ1v) is 4.04. The number of piperidine rings is 1. The molecule has 0 aromatic heterocycles. The van der Waals surface area contributed by atoms with Gasteiger partial charge >= 0.3 is 0 Å². The van der Waals surface area contributed by atoms with Gasteiger partial charge in [-0.1, -0.05) is 6.92 Å². The molecule has 1 atom stereocenters. The van der Waals surface area contributed by atoms with Crippen molar-refractivity contribution in [3.63, 3.8) is 0 Å². The highest BCUT2D eigenvalue weighted by Crippen LogP contribution is 2.55. The summed E-state index contributed by atoms with van der Waals surface area (Å²) in [7, 11) is 0. The van der Waals surface area contributed by atoms with E-state index in [0.717, 1.165) is 11.3 Å². The van der Waals surface area contributed by atoms with Gasteiger partial charge in [-0.15, -0.1) is 0 Å². The lowest BCUT2D eigenvalue weighted by atomic mass is 9.85. The minimum Gasteiger partial charge on any atom is -0.316 e. The van der Waals surface area contributed by atoms with Crippen LogP contribution in [0.3, 0.4) is 0 Å². The van der Waals surface area contributed by atoms with Crippen LogP contribution in [-0.2, 0) is 0 Å². The van der Waals surface area contributed by atoms with Crippen LogP contribution in [0.2, 0.25) is 0 Å². The maximum absolute atomic E-state index is 3.43. The van der Waals surface area contributed by atoms with Crippen LogP contribution in [-0.4, -0.2) is 13.1 Å². The molecular formula is C8H15N. The van der Waals surface area contributed by atoms with E-state index in [-0.39, 0.29) is 0 Å². The Morgan fingerprint density at radius 3 is 2.56 bits per heavy atom. The zero-order chi connectivity index (χ0) is 6.32. The molecule has 1 spiro atoms. The largest absolute Gasteiger partial charge is 0.316 e. The van der Waals surface area contributed by atoms with E-state index in [1.54, 1.807) is 0 Å². The first-order valence-electron chi connectivity index (χ1n) is 4.04. The molecule has 0 amide bonds. The molecule has 0 aromatic carbocycles. The predicted octanol–water partition coefficient (Wildman–Crippen LogP) is 1.40. The third-order valence-electron chi connectivity index (χ3n) is 3.19. The fourth-order valence-electron chi connectivity index (χ4n) is 2.02. The molecule has 1 N–H and O–H groups in total. The van der Waals surface area contributed by atoms with Gasteiger partial charge in [-0.05, 0) is 43.7 Å². The molecule has 1 heterocycles. The molecule has 0 unspecified atom stereocenters. The Bertz CT molecular complexity index is 116. The average molecular weight is 125 g/mol. The molecular weight excluding hydrogens is 110 g/mol. The molecule has 1 saturated carbocycles. The topological polar surface area (TPSA) is 12.0 Å². The summed E-state index contributed by atoms with van der Waals surface area (Å²) < 4.78 is 0. The van der Waals surface area contributed by atoms with Gasteiger partial charge in [0, 0.05) is 0 Å². The van der Waals surface area contributed by atoms with E-state index in [1.165, 1.54) is 32.4 Å². The Morgan fingerprint density at radius 2 is 2.11 bits per heavy atom. The van der Waals surface area contributed by atoms with Crippen molar-refractivity contribution in [2.24, 2.45) is 11.3 Å². The molecule has 1 aliphatic carbocycles. The van der Waals surface area contributed by atoms with Gasteiger partial charge in [-0.3, -0.25) is 0 Å². The highest BCUT2D eigenvalue weighted by molar-refractivity contribution is 4.99. The molecule has 2 rings (SSSR count). The summed E-state index contributed by atoms with van der Waals surface area (Å²) in [6, 6.07) is 0. The van der Waals surface area contributed by atoms with Gasteiger partial charge in [-0.2, -0.15) is 0 Å². The summed E-state index contributed by atoms with van der Waals surface area (Å²) in [5, 5.41) is 3.43. The minimum atomic E-state index is 0.825. The number of rotatable bonds is 0. The fourth-order valence-corrected chi connectivity index (χ4v) is 2.02. The smallest absolute Gasteiger partial charge is 0.00178 e. The lowest BCUT2D eigenvalue weighted by Gasteiger charge is -2.29. The van der Waals surface area contributed by atoms with Crippen molar-refractivity contribution < 1.29 is 0 Å². The van der Waals surface area contributed by atoms with E-state index in [1.807, 2.05) is 0 Å². The van der Waals surface area contributed by atoms with Crippen LogP contribution >= 0.6 is 0 Å². The van der Waals surface area contributed by atoms with Crippen LogP contribution in [0.25, 0.3) is 0 Å². The van der Waals surface area contributed by atoms with Crippen molar-refractivity contribution in [2.75, 3.05) is 13.1 Å². The molecule has 52 valence electrons. The first kappa shape index (κ1) is 5.72. The molecule has 0 aromatic rings. The maximum atomic E-state index is 3.43. The van der Waals surface area contributed by atoms with Crippen LogP contribution in [0.4, 0.5) is 0 Å². The summed E-state index contributed by atoms with van der Waals surface area (Å²) >= 11 is 0. The van der Waals surface area contributed by atoms with Crippen LogP contribution in [0, 0.1) is 11.3 Å². The summed E-state index contributed by atoms with van der Waals surface area (Å²) in [5.41, 5.74) is 0.825. The molecule has 9 heavy (non-hydrogen) atoms. The maximum Gasteiger partial charge on any atom is -0.00178 e. The quantitative estimate of drug-likeness (QED) is 0.516. The zero-order valence-corrected chi connectivity index (χ0v) is 6.11. The van der Waals surface area contributed by atoms with Gasteiger partial charge in [-0.25, -0.2) is 0 Å². The molecule has 2 fully saturated rings. The second-order valence-corrected chi connectivity index (χ2v) is 3.72. The second kappa shape index (κ2) is 1.72. The van der Waals surface area contributed by atoms with Crippen molar-refractivity contribution in [3.8, 4) is 0 Å². The average Bonchev–Trinajstić information content (AvgIpc) is 2.60. The van der Waals surface area contributed by atoms with E-state index in [2.05, 4.69) is 12.2 Å². The van der Waals surface area contributed by atoms with Crippen molar-refractivity contribution in [1.29, 1.82) is 0 Å². The molecule has 1 nitrogen and oxygen atoms in total. The van der Waals surface area contributed by atoms with Gasteiger partial charge in [0.1, 0.15) is 0 Å². The first-order chi connectivity index (χ1) is 4.33. The Morgan fingerprint density at radius 1 is 1.33 bits per heavy atom. The molecule has 1 aliphatic heterocycles. The Kier molecular flexibility index (Phi) is 1.10. The zero-order valence-electron chi connectivity index (χ0n) is 6.11. The van der Waals surface area contributed by atoms with E-state index >= 15 is 0 Å². The van der Waals surface area contributed by atoms with Crippen LogP contribution in [0.15, 0.2) is 0 Å². The van der Waals surface area contributed by atoms with Crippen molar-refractivity contribution in [1.82, 2.24) is 5.32 Å². The Labute approximate surface area is 56.8 Å². The molecule has 1 saturated heterocycles. The molecule has 0 radical (unpaired) electrons. The number of nitrogens with one attached hydrogen (secondary N) is 1. The monoisotopic (exact) mass is 125 g/mol. The van der Waals surface area contributed by atoms with E-state index < -0.39 is 0 Å². The fraction of sp³-hybridized carbons (Fsp3) is 1.00. The lowest BCUT2D eigenvalue weighted by molar-refractivity contribution is 0.250. The van der Waals surface area contributed by atoms with Gasteiger partial charge in [0.25, 0.3) is 0 Å². The minimum absolute atomic E-state index is 0.825. The highest BCUT2D eigenvalue weighted by Gasteiger charge is 2.47. The number of hydrogen-bond acceptors (Lipinski definition) is 1. The summed E-state index contributed by atoms with van der Waals surface area (Å²) in [6.45, 7) is 4.92. The van der Waals surface area contributed by atoms with E-state index in [9.17, 15) is 0 Å². The van der Waals surface area contributed by atoms with Crippen LogP contribution in [0.5, 0.6) is 0 Å². The molecule has 0 bridgehead atoms. The second-order valence-electron chi connectivity index (χ2n) is 3.72. The molecule has 2 aliphatic rings. The Hall–Kier alpha value is -0.0400. The van der Waals surface area contributed by atoms with Crippen LogP contribution in [0.1, 0.15) is 26.2 Å². The van der Waals surface area contributed by atoms with Gasteiger partial charge in [0.2, 0.25) is 0 Å². The summed E-state index contributed by atoms with van der Waals surface area (Å²) in [5.74, 6) is 0.950. The van der Waals surface area contributed by atoms with Crippen molar-refractivity contribution in [2.45, 2.75) is 26.2 Å².